The van der Waals surface area contributed by atoms with Gasteiger partial charge in [-0.2, -0.15) is 5.10 Å². The van der Waals surface area contributed by atoms with E-state index in [1.54, 1.807) is 42.5 Å². The number of ether oxygens (including phenoxy) is 1. The fraction of sp³-hybridized carbons (Fsp3) is 0.130. The highest BCUT2D eigenvalue weighted by Crippen LogP contribution is 2.22. The molecule has 160 valence electrons. The number of hydrogen-bond acceptors (Lipinski definition) is 5. The lowest BCUT2D eigenvalue weighted by atomic mass is 10.2. The Morgan fingerprint density at radius 2 is 1.65 bits per heavy atom. The number of nitrogens with one attached hydrogen (secondary N) is 1. The monoisotopic (exact) mass is 437 g/mol. The van der Waals surface area contributed by atoms with E-state index >= 15 is 0 Å². The lowest BCUT2D eigenvalue weighted by Crippen LogP contribution is -2.26. The average molecular weight is 438 g/mol. The van der Waals surface area contributed by atoms with Gasteiger partial charge in [0.05, 0.1) is 23.4 Å². The van der Waals surface area contributed by atoms with Gasteiger partial charge in [-0.05, 0) is 73.2 Å². The SMILES string of the molecule is CCOc1ccc(C=NNC(=O)c2ccc(N(C)S(=O)(=O)c3ccccc3)cc2)cc1. The minimum Gasteiger partial charge on any atom is -0.494 e. The zero-order chi connectivity index (χ0) is 22.3. The van der Waals surface area contributed by atoms with Gasteiger partial charge in [0.15, 0.2) is 0 Å². The van der Waals surface area contributed by atoms with Gasteiger partial charge < -0.3 is 4.74 Å². The van der Waals surface area contributed by atoms with E-state index in [4.69, 9.17) is 4.74 Å². The molecule has 3 aromatic carbocycles. The normalized spacial score (nSPS) is 11.3. The Labute approximate surface area is 182 Å². The number of nitrogens with zero attached hydrogens (tertiary/aromatic N) is 2. The average Bonchev–Trinajstić information content (AvgIpc) is 2.80. The van der Waals surface area contributed by atoms with Crippen LogP contribution in [0.5, 0.6) is 5.75 Å². The molecule has 7 nitrogen and oxygen atoms in total. The molecule has 0 radical (unpaired) electrons. The number of hydrazone groups is 1. The first-order chi connectivity index (χ1) is 14.9. The lowest BCUT2D eigenvalue weighted by molar-refractivity contribution is 0.0955. The van der Waals surface area contributed by atoms with Gasteiger partial charge in [-0.3, -0.25) is 9.10 Å². The summed E-state index contributed by atoms with van der Waals surface area (Å²) in [5.41, 5.74) is 4.07. The van der Waals surface area contributed by atoms with E-state index in [-0.39, 0.29) is 4.90 Å². The van der Waals surface area contributed by atoms with Crippen molar-refractivity contribution < 1.29 is 17.9 Å². The summed E-state index contributed by atoms with van der Waals surface area (Å²) in [6, 6.07) is 21.7. The number of benzene rings is 3. The van der Waals surface area contributed by atoms with Crippen molar-refractivity contribution in [1.29, 1.82) is 0 Å². The van der Waals surface area contributed by atoms with Crippen LogP contribution in [-0.2, 0) is 10.0 Å². The van der Waals surface area contributed by atoms with Gasteiger partial charge in [0.2, 0.25) is 0 Å². The van der Waals surface area contributed by atoms with Crippen molar-refractivity contribution in [3.8, 4) is 5.75 Å². The smallest absolute Gasteiger partial charge is 0.271 e. The van der Waals surface area contributed by atoms with E-state index < -0.39 is 15.9 Å². The van der Waals surface area contributed by atoms with E-state index in [1.165, 1.54) is 29.7 Å². The molecular weight excluding hydrogens is 414 g/mol. The van der Waals surface area contributed by atoms with Crippen LogP contribution in [0.25, 0.3) is 0 Å². The van der Waals surface area contributed by atoms with Crippen LogP contribution in [0.1, 0.15) is 22.8 Å². The third kappa shape index (κ3) is 5.49. The third-order valence-electron chi connectivity index (χ3n) is 4.47. The molecule has 0 atom stereocenters. The number of rotatable bonds is 8. The van der Waals surface area contributed by atoms with E-state index in [9.17, 15) is 13.2 Å². The highest BCUT2D eigenvalue weighted by atomic mass is 32.2. The Kier molecular flexibility index (Phi) is 7.04. The molecule has 0 aliphatic carbocycles. The van der Waals surface area contributed by atoms with Crippen molar-refractivity contribution in [2.45, 2.75) is 11.8 Å². The van der Waals surface area contributed by atoms with E-state index in [2.05, 4.69) is 10.5 Å². The van der Waals surface area contributed by atoms with Crippen molar-refractivity contribution in [3.63, 3.8) is 0 Å². The first-order valence-corrected chi connectivity index (χ1v) is 11.1. The van der Waals surface area contributed by atoms with Crippen LogP contribution in [0, 0.1) is 0 Å². The molecule has 0 bridgehead atoms. The van der Waals surface area contributed by atoms with Crippen LogP contribution in [-0.4, -0.2) is 34.2 Å². The quantitative estimate of drug-likeness (QED) is 0.430. The molecule has 8 heteroatoms. The molecule has 31 heavy (non-hydrogen) atoms. The summed E-state index contributed by atoms with van der Waals surface area (Å²) in [7, 11) is -2.21. The molecule has 1 N–H and O–H groups in total. The minimum atomic E-state index is -3.68. The van der Waals surface area contributed by atoms with Crippen LogP contribution >= 0.6 is 0 Å². The highest BCUT2D eigenvalue weighted by Gasteiger charge is 2.21. The Bertz CT molecular complexity index is 1140. The predicted octanol–water partition coefficient (Wildman–Crippen LogP) is 3.67. The summed E-state index contributed by atoms with van der Waals surface area (Å²) in [4.78, 5) is 12.5. The molecule has 0 aliphatic rings. The fourth-order valence-corrected chi connectivity index (χ4v) is 3.98. The Morgan fingerprint density at radius 3 is 2.26 bits per heavy atom. The minimum absolute atomic E-state index is 0.197. The molecule has 1 amide bonds. The van der Waals surface area contributed by atoms with Crippen LogP contribution in [0.3, 0.4) is 0 Å². The summed E-state index contributed by atoms with van der Waals surface area (Å²) in [5, 5.41) is 3.96. The van der Waals surface area contributed by atoms with Gasteiger partial charge in [-0.15, -0.1) is 0 Å². The fourth-order valence-electron chi connectivity index (χ4n) is 2.76. The Hall–Kier alpha value is -3.65. The van der Waals surface area contributed by atoms with Crippen molar-refractivity contribution in [1.82, 2.24) is 5.43 Å². The molecule has 0 heterocycles. The van der Waals surface area contributed by atoms with E-state index in [1.807, 2.05) is 31.2 Å². The number of hydrogen-bond donors (Lipinski definition) is 1. The summed E-state index contributed by atoms with van der Waals surface area (Å²) in [6.07, 6.45) is 1.53. The molecule has 0 saturated heterocycles. The Balaban J connectivity index is 1.63. The van der Waals surface area contributed by atoms with Gasteiger partial charge in [0.25, 0.3) is 15.9 Å². The number of sulfonamides is 1. The van der Waals surface area contributed by atoms with Gasteiger partial charge in [-0.1, -0.05) is 18.2 Å². The maximum absolute atomic E-state index is 12.7. The molecule has 3 aromatic rings. The maximum Gasteiger partial charge on any atom is 0.271 e. The number of carbonyl (C=O) groups excluding carboxylic acids is 1. The number of amides is 1. The van der Waals surface area contributed by atoms with Gasteiger partial charge in [0.1, 0.15) is 5.75 Å². The number of carbonyl (C=O) groups is 1. The summed E-state index contributed by atoms with van der Waals surface area (Å²) >= 11 is 0. The molecule has 0 aliphatic heterocycles. The summed E-state index contributed by atoms with van der Waals surface area (Å²) in [5.74, 6) is 0.366. The molecule has 0 fully saturated rings. The molecule has 0 saturated carbocycles. The molecule has 3 rings (SSSR count). The number of anilines is 1. The second kappa shape index (κ2) is 9.90. The summed E-state index contributed by atoms with van der Waals surface area (Å²) < 4.78 is 32.0. The van der Waals surface area contributed by atoms with Crippen molar-refractivity contribution >= 4 is 27.8 Å². The Morgan fingerprint density at radius 1 is 1.00 bits per heavy atom. The predicted molar refractivity (Wildman–Crippen MR) is 121 cm³/mol. The molecule has 0 spiro atoms. The van der Waals surface area contributed by atoms with Crippen molar-refractivity contribution in [3.05, 3.63) is 90.0 Å². The summed E-state index contributed by atoms with van der Waals surface area (Å²) in [6.45, 7) is 2.51. The van der Waals surface area contributed by atoms with Crippen molar-refractivity contribution in [2.24, 2.45) is 5.10 Å². The van der Waals surface area contributed by atoms with Gasteiger partial charge in [-0.25, -0.2) is 13.8 Å². The maximum atomic E-state index is 12.7. The molecule has 0 unspecified atom stereocenters. The van der Waals surface area contributed by atoms with Gasteiger partial charge in [0, 0.05) is 12.6 Å². The largest absolute Gasteiger partial charge is 0.494 e. The molecule has 0 aromatic heterocycles. The van der Waals surface area contributed by atoms with Crippen LogP contribution in [0.15, 0.2) is 88.9 Å². The van der Waals surface area contributed by atoms with Crippen molar-refractivity contribution in [2.75, 3.05) is 18.0 Å². The van der Waals surface area contributed by atoms with Crippen LogP contribution in [0.2, 0.25) is 0 Å². The van der Waals surface area contributed by atoms with E-state index in [0.29, 0.717) is 17.9 Å². The van der Waals surface area contributed by atoms with Crippen LogP contribution < -0.4 is 14.5 Å². The van der Waals surface area contributed by atoms with Crippen LogP contribution in [0.4, 0.5) is 5.69 Å². The molecular formula is C23H23N3O4S. The zero-order valence-electron chi connectivity index (χ0n) is 17.2. The third-order valence-corrected chi connectivity index (χ3v) is 6.27. The van der Waals surface area contributed by atoms with Gasteiger partial charge >= 0.3 is 0 Å². The first-order valence-electron chi connectivity index (χ1n) is 9.62. The highest BCUT2D eigenvalue weighted by molar-refractivity contribution is 7.92. The topological polar surface area (TPSA) is 88.1 Å². The second-order valence-corrected chi connectivity index (χ2v) is 8.50. The standard InChI is InChI=1S/C23H23N3O4S/c1-3-30-21-15-9-18(10-16-21)17-24-25-23(27)19-11-13-20(14-12-19)26(2)31(28,29)22-7-5-4-6-8-22/h4-17H,3H2,1-2H3,(H,25,27). The lowest BCUT2D eigenvalue weighted by Gasteiger charge is -2.19. The zero-order valence-corrected chi connectivity index (χ0v) is 18.0. The first kappa shape index (κ1) is 22.0. The second-order valence-electron chi connectivity index (χ2n) is 6.53. The van der Waals surface area contributed by atoms with E-state index in [0.717, 1.165) is 11.3 Å².